The van der Waals surface area contributed by atoms with Crippen molar-refractivity contribution in [1.29, 1.82) is 0 Å². The van der Waals surface area contributed by atoms with Gasteiger partial charge in [0.05, 0.1) is 41.3 Å². The van der Waals surface area contributed by atoms with Gasteiger partial charge in [-0.25, -0.2) is 14.4 Å². The van der Waals surface area contributed by atoms with Gasteiger partial charge < -0.3 is 9.30 Å². The average Bonchev–Trinajstić information content (AvgIpc) is 3.02. The molecular weight excluding hydrogens is 313 g/mol. The van der Waals surface area contributed by atoms with E-state index in [1.807, 2.05) is 16.9 Å². The van der Waals surface area contributed by atoms with Gasteiger partial charge in [-0.3, -0.25) is 0 Å². The zero-order valence-corrected chi connectivity index (χ0v) is 13.1. The van der Waals surface area contributed by atoms with Crippen molar-refractivity contribution in [3.05, 3.63) is 39.9 Å². The Bertz CT molecular complexity index is 799. The highest BCUT2D eigenvalue weighted by Gasteiger charge is 2.15. The van der Waals surface area contributed by atoms with Crippen LogP contribution in [0.25, 0.3) is 11.0 Å². The number of alkyl halides is 1. The van der Waals surface area contributed by atoms with E-state index in [1.54, 1.807) is 17.4 Å². The van der Waals surface area contributed by atoms with E-state index in [2.05, 4.69) is 9.97 Å². The summed E-state index contributed by atoms with van der Waals surface area (Å²) in [6.07, 6.45) is 0. The molecule has 1 aromatic carbocycles. The molecule has 0 aliphatic carbocycles. The molecule has 0 unspecified atom stereocenters. The normalized spacial score (nSPS) is 11.2. The van der Waals surface area contributed by atoms with E-state index in [0.29, 0.717) is 17.9 Å². The van der Waals surface area contributed by atoms with Crippen LogP contribution in [0.3, 0.4) is 0 Å². The van der Waals surface area contributed by atoms with Crippen molar-refractivity contribution in [3.63, 3.8) is 0 Å². The third-order valence-corrected chi connectivity index (χ3v) is 4.27. The number of hydrogen-bond acceptors (Lipinski definition) is 4. The molecule has 4 nitrogen and oxygen atoms in total. The highest BCUT2D eigenvalue weighted by Crippen LogP contribution is 2.27. The summed E-state index contributed by atoms with van der Waals surface area (Å²) < 4.78 is 20.8. The molecule has 0 amide bonds. The number of aromatic nitrogens is 3. The van der Waals surface area contributed by atoms with Crippen LogP contribution in [0, 0.1) is 12.7 Å². The topological polar surface area (TPSA) is 39.9 Å². The Morgan fingerprint density at radius 1 is 1.38 bits per heavy atom. The minimum Gasteiger partial charge on any atom is -0.494 e. The summed E-state index contributed by atoms with van der Waals surface area (Å²) in [6, 6.07) is 3.01. The maximum absolute atomic E-state index is 13.8. The number of aryl methyl sites for hydroxylation is 1. The summed E-state index contributed by atoms with van der Waals surface area (Å²) in [5.41, 5.74) is 2.29. The Hall–Kier alpha value is -1.66. The molecule has 21 heavy (non-hydrogen) atoms. The molecule has 0 spiro atoms. The fourth-order valence-electron chi connectivity index (χ4n) is 2.25. The molecule has 0 saturated carbocycles. The molecule has 7 heteroatoms. The van der Waals surface area contributed by atoms with Gasteiger partial charge in [-0.1, -0.05) is 0 Å². The molecule has 0 bridgehead atoms. The minimum atomic E-state index is -0.430. The maximum Gasteiger partial charge on any atom is 0.167 e. The molecule has 2 aromatic heterocycles. The Morgan fingerprint density at radius 3 is 2.81 bits per heavy atom. The summed E-state index contributed by atoms with van der Waals surface area (Å²) in [5, 5.41) is 3.00. The van der Waals surface area contributed by atoms with Crippen LogP contribution in [0.15, 0.2) is 17.5 Å². The third-order valence-electron chi connectivity index (χ3n) is 3.21. The lowest BCUT2D eigenvalue weighted by molar-refractivity contribution is 0.387. The van der Waals surface area contributed by atoms with E-state index in [4.69, 9.17) is 16.3 Å². The molecule has 2 heterocycles. The van der Waals surface area contributed by atoms with Gasteiger partial charge in [-0.05, 0) is 6.92 Å². The second kappa shape index (κ2) is 5.61. The lowest BCUT2D eigenvalue weighted by Crippen LogP contribution is -2.04. The van der Waals surface area contributed by atoms with Crippen LogP contribution in [0.5, 0.6) is 5.75 Å². The van der Waals surface area contributed by atoms with Crippen molar-refractivity contribution in [3.8, 4) is 5.75 Å². The summed E-state index contributed by atoms with van der Waals surface area (Å²) in [5.74, 6) is 0.700. The number of thiazole rings is 1. The van der Waals surface area contributed by atoms with E-state index in [1.165, 1.54) is 13.2 Å². The van der Waals surface area contributed by atoms with E-state index in [-0.39, 0.29) is 11.6 Å². The van der Waals surface area contributed by atoms with E-state index in [0.717, 1.165) is 16.2 Å². The van der Waals surface area contributed by atoms with Crippen molar-refractivity contribution >= 4 is 34.0 Å². The predicted molar refractivity (Wildman–Crippen MR) is 81.8 cm³/mol. The number of rotatable bonds is 4. The monoisotopic (exact) mass is 325 g/mol. The van der Waals surface area contributed by atoms with Gasteiger partial charge in [0.25, 0.3) is 0 Å². The first-order valence-electron chi connectivity index (χ1n) is 6.32. The van der Waals surface area contributed by atoms with Gasteiger partial charge in [-0.15, -0.1) is 22.9 Å². The SMILES string of the molecule is COc1cc2c(cc1F)nc(CCl)n2Cc1csc(C)n1. The number of fused-ring (bicyclic) bond motifs is 1. The van der Waals surface area contributed by atoms with E-state index < -0.39 is 5.82 Å². The Labute approximate surface area is 130 Å². The molecule has 0 atom stereocenters. The largest absolute Gasteiger partial charge is 0.494 e. The van der Waals surface area contributed by atoms with Crippen molar-refractivity contribution in [2.45, 2.75) is 19.3 Å². The van der Waals surface area contributed by atoms with Gasteiger partial charge in [0, 0.05) is 17.5 Å². The van der Waals surface area contributed by atoms with Crippen LogP contribution in [-0.4, -0.2) is 21.6 Å². The number of imidazole rings is 1. The molecule has 3 rings (SSSR count). The summed E-state index contributed by atoms with van der Waals surface area (Å²) in [4.78, 5) is 8.83. The zero-order chi connectivity index (χ0) is 15.0. The molecule has 0 aliphatic rings. The molecular formula is C14H13ClFN3OS. The number of hydrogen-bond donors (Lipinski definition) is 0. The van der Waals surface area contributed by atoms with E-state index in [9.17, 15) is 4.39 Å². The van der Waals surface area contributed by atoms with Crippen LogP contribution in [0.4, 0.5) is 4.39 Å². The zero-order valence-electron chi connectivity index (χ0n) is 11.6. The van der Waals surface area contributed by atoms with Crippen LogP contribution >= 0.6 is 22.9 Å². The van der Waals surface area contributed by atoms with Gasteiger partial charge in [-0.2, -0.15) is 0 Å². The number of halogens is 2. The summed E-state index contributed by atoms with van der Waals surface area (Å²) >= 11 is 7.55. The Morgan fingerprint density at radius 2 is 2.19 bits per heavy atom. The van der Waals surface area contributed by atoms with Crippen LogP contribution in [0.1, 0.15) is 16.5 Å². The maximum atomic E-state index is 13.8. The number of ether oxygens (including phenoxy) is 1. The van der Waals surface area contributed by atoms with Crippen molar-refractivity contribution in [2.24, 2.45) is 0 Å². The first kappa shape index (κ1) is 14.3. The van der Waals surface area contributed by atoms with Crippen molar-refractivity contribution < 1.29 is 9.13 Å². The number of methoxy groups -OCH3 is 1. The highest BCUT2D eigenvalue weighted by molar-refractivity contribution is 7.09. The Kier molecular flexibility index (Phi) is 3.82. The van der Waals surface area contributed by atoms with Gasteiger partial charge in [0.1, 0.15) is 5.82 Å². The molecule has 0 fully saturated rings. The lowest BCUT2D eigenvalue weighted by atomic mass is 10.3. The van der Waals surface area contributed by atoms with Crippen LogP contribution in [-0.2, 0) is 12.4 Å². The fourth-order valence-corrected chi connectivity index (χ4v) is 3.06. The van der Waals surface area contributed by atoms with Gasteiger partial charge in [0.2, 0.25) is 0 Å². The molecule has 0 N–H and O–H groups in total. The summed E-state index contributed by atoms with van der Waals surface area (Å²) in [6.45, 7) is 2.51. The second-order valence-corrected chi connectivity index (χ2v) is 5.91. The van der Waals surface area contributed by atoms with Crippen molar-refractivity contribution in [2.75, 3.05) is 7.11 Å². The predicted octanol–water partition coefficient (Wildman–Crippen LogP) is 3.74. The highest BCUT2D eigenvalue weighted by atomic mass is 35.5. The van der Waals surface area contributed by atoms with Crippen molar-refractivity contribution in [1.82, 2.24) is 14.5 Å². The minimum absolute atomic E-state index is 0.194. The second-order valence-electron chi connectivity index (χ2n) is 4.58. The lowest BCUT2D eigenvalue weighted by Gasteiger charge is -2.07. The number of benzene rings is 1. The molecule has 0 saturated heterocycles. The number of nitrogens with zero attached hydrogens (tertiary/aromatic N) is 3. The van der Waals surface area contributed by atoms with E-state index >= 15 is 0 Å². The standard InChI is InChI=1S/C14H13ClFN3OS/c1-8-17-9(7-21-8)6-19-12-4-13(20-2)10(16)3-11(12)18-14(19)5-15/h3-4,7H,5-6H2,1-2H3. The van der Waals surface area contributed by atoms with Gasteiger partial charge >= 0.3 is 0 Å². The molecule has 110 valence electrons. The third kappa shape index (κ3) is 2.61. The van der Waals surface area contributed by atoms with Crippen LogP contribution in [0.2, 0.25) is 0 Å². The average molecular weight is 326 g/mol. The Balaban J connectivity index is 2.14. The smallest absolute Gasteiger partial charge is 0.167 e. The first-order valence-corrected chi connectivity index (χ1v) is 7.73. The van der Waals surface area contributed by atoms with Gasteiger partial charge in [0.15, 0.2) is 11.6 Å². The first-order chi connectivity index (χ1) is 10.1. The molecule has 0 aliphatic heterocycles. The fraction of sp³-hybridized carbons (Fsp3) is 0.286. The molecule has 3 aromatic rings. The molecule has 0 radical (unpaired) electrons. The van der Waals surface area contributed by atoms with Crippen LogP contribution < -0.4 is 4.74 Å². The quantitative estimate of drug-likeness (QED) is 0.686. The summed E-state index contributed by atoms with van der Waals surface area (Å²) in [7, 11) is 1.44.